The van der Waals surface area contributed by atoms with Crippen LogP contribution in [0.3, 0.4) is 0 Å². The lowest BCUT2D eigenvalue weighted by Crippen LogP contribution is -2.21. The molecule has 0 fully saturated rings. The zero-order valence-electron chi connectivity index (χ0n) is 8.37. The lowest BCUT2D eigenvalue weighted by Gasteiger charge is -2.18. The van der Waals surface area contributed by atoms with Crippen molar-refractivity contribution in [2.24, 2.45) is 0 Å². The first-order chi connectivity index (χ1) is 7.47. The molecule has 16 heavy (non-hydrogen) atoms. The number of anilines is 1. The Labute approximate surface area is 97.9 Å². The summed E-state index contributed by atoms with van der Waals surface area (Å²) >= 11 is 3.84. The third-order valence-electron chi connectivity index (χ3n) is 2.20. The van der Waals surface area contributed by atoms with Crippen molar-refractivity contribution < 1.29 is 20.1 Å². The van der Waals surface area contributed by atoms with Crippen molar-refractivity contribution in [2.75, 3.05) is 11.5 Å². The Balaban J connectivity index is 3.11. The van der Waals surface area contributed by atoms with E-state index in [4.69, 9.17) is 10.8 Å². The number of aromatic carboxylic acids is 1. The number of rotatable bonds is 4. The van der Waals surface area contributed by atoms with Crippen LogP contribution >= 0.6 is 12.6 Å². The number of hydrogen-bond donors (Lipinski definition) is 5. The largest absolute Gasteiger partial charge is 0.478 e. The molecule has 0 aliphatic rings. The van der Waals surface area contributed by atoms with Gasteiger partial charge in [-0.25, -0.2) is 4.79 Å². The van der Waals surface area contributed by atoms with Gasteiger partial charge >= 0.3 is 5.97 Å². The van der Waals surface area contributed by atoms with Gasteiger partial charge in [0, 0.05) is 17.0 Å². The molecule has 0 amide bonds. The fourth-order valence-corrected chi connectivity index (χ4v) is 1.47. The van der Waals surface area contributed by atoms with Gasteiger partial charge < -0.3 is 21.1 Å². The highest BCUT2D eigenvalue weighted by Crippen LogP contribution is 2.25. The molecule has 0 aliphatic carbocycles. The zero-order valence-corrected chi connectivity index (χ0v) is 9.26. The molecule has 1 rings (SSSR count). The number of nitrogen functional groups attached to an aromatic ring is 1. The molecule has 5 N–H and O–H groups in total. The molecule has 0 bridgehead atoms. The van der Waals surface area contributed by atoms with Crippen molar-refractivity contribution in [3.8, 4) is 0 Å². The summed E-state index contributed by atoms with van der Waals surface area (Å²) in [6, 6.07) is 3.96. The second-order valence-corrected chi connectivity index (χ2v) is 3.71. The van der Waals surface area contributed by atoms with E-state index in [1.54, 1.807) is 0 Å². The van der Waals surface area contributed by atoms with Crippen molar-refractivity contribution in [1.82, 2.24) is 0 Å². The minimum atomic E-state index is -1.24. The van der Waals surface area contributed by atoms with Crippen molar-refractivity contribution in [3.05, 3.63) is 29.3 Å². The number of benzene rings is 1. The van der Waals surface area contributed by atoms with E-state index >= 15 is 0 Å². The quantitative estimate of drug-likeness (QED) is 0.386. The molecule has 0 saturated carbocycles. The summed E-state index contributed by atoms with van der Waals surface area (Å²) in [4.78, 5) is 10.7. The molecule has 0 saturated heterocycles. The van der Waals surface area contributed by atoms with E-state index in [0.717, 1.165) is 0 Å². The molecule has 0 aliphatic heterocycles. The van der Waals surface area contributed by atoms with Crippen LogP contribution in [0.25, 0.3) is 0 Å². The maximum atomic E-state index is 10.7. The third-order valence-corrected chi connectivity index (χ3v) is 2.58. The average Bonchev–Trinajstić information content (AvgIpc) is 2.27. The standard InChI is InChI=1S/C10H13NO4S/c11-7-2-1-5(10(14)15)3-6(7)9(13)8(12)4-16/h1-3,8-9,12-13,16H,4,11H2,(H,14,15). The fourth-order valence-electron chi connectivity index (χ4n) is 1.27. The zero-order chi connectivity index (χ0) is 12.3. The Hall–Kier alpha value is -1.24. The summed E-state index contributed by atoms with van der Waals surface area (Å²) in [6.45, 7) is 0. The van der Waals surface area contributed by atoms with Crippen LogP contribution in [0.1, 0.15) is 22.0 Å². The fraction of sp³-hybridized carbons (Fsp3) is 0.300. The van der Waals surface area contributed by atoms with E-state index < -0.39 is 18.2 Å². The van der Waals surface area contributed by atoms with Crippen LogP contribution < -0.4 is 5.73 Å². The van der Waals surface area contributed by atoms with Gasteiger partial charge in [0.25, 0.3) is 0 Å². The van der Waals surface area contributed by atoms with Crippen LogP contribution in [0.2, 0.25) is 0 Å². The maximum absolute atomic E-state index is 10.7. The van der Waals surface area contributed by atoms with E-state index in [0.29, 0.717) is 0 Å². The van der Waals surface area contributed by atoms with Gasteiger partial charge in [-0.3, -0.25) is 0 Å². The van der Waals surface area contributed by atoms with Gasteiger partial charge in [-0.1, -0.05) is 0 Å². The minimum absolute atomic E-state index is 0.00890. The maximum Gasteiger partial charge on any atom is 0.335 e. The molecule has 0 spiro atoms. The molecule has 0 radical (unpaired) electrons. The molecule has 2 unspecified atom stereocenters. The number of nitrogens with two attached hydrogens (primary N) is 1. The highest BCUT2D eigenvalue weighted by atomic mass is 32.1. The van der Waals surface area contributed by atoms with Crippen molar-refractivity contribution in [2.45, 2.75) is 12.2 Å². The normalized spacial score (nSPS) is 14.4. The van der Waals surface area contributed by atoms with Crippen molar-refractivity contribution >= 4 is 24.3 Å². The Morgan fingerprint density at radius 2 is 2.06 bits per heavy atom. The van der Waals surface area contributed by atoms with Gasteiger partial charge in [-0.2, -0.15) is 12.6 Å². The number of carbonyl (C=O) groups is 1. The first kappa shape index (κ1) is 12.8. The molecular weight excluding hydrogens is 230 g/mol. The van der Waals surface area contributed by atoms with Crippen LogP contribution in [-0.4, -0.2) is 33.1 Å². The summed E-state index contributed by atoms with van der Waals surface area (Å²) in [5, 5.41) is 27.9. The molecule has 88 valence electrons. The monoisotopic (exact) mass is 243 g/mol. The summed E-state index contributed by atoms with van der Waals surface area (Å²) in [6.07, 6.45) is -2.33. The molecule has 1 aromatic rings. The average molecular weight is 243 g/mol. The summed E-state index contributed by atoms with van der Waals surface area (Å²) in [5.74, 6) is -1.06. The molecule has 2 atom stereocenters. The predicted molar refractivity (Wildman–Crippen MR) is 62.6 cm³/mol. The van der Waals surface area contributed by atoms with Crippen molar-refractivity contribution in [1.29, 1.82) is 0 Å². The smallest absolute Gasteiger partial charge is 0.335 e. The van der Waals surface area contributed by atoms with Crippen LogP contribution in [-0.2, 0) is 0 Å². The first-order valence-electron chi connectivity index (χ1n) is 4.57. The van der Waals surface area contributed by atoms with Gasteiger partial charge in [0.2, 0.25) is 0 Å². The highest BCUT2D eigenvalue weighted by Gasteiger charge is 2.20. The van der Waals surface area contributed by atoms with Crippen LogP contribution in [0.5, 0.6) is 0 Å². The molecule has 6 heteroatoms. The highest BCUT2D eigenvalue weighted by molar-refractivity contribution is 7.80. The number of carboxylic acid groups (broad SMARTS) is 1. The Kier molecular flexibility index (Phi) is 4.17. The Bertz CT molecular complexity index is 396. The van der Waals surface area contributed by atoms with E-state index in [1.165, 1.54) is 18.2 Å². The second-order valence-electron chi connectivity index (χ2n) is 3.34. The molecule has 1 aromatic carbocycles. The van der Waals surface area contributed by atoms with Gasteiger partial charge in [0.1, 0.15) is 6.10 Å². The molecular formula is C10H13NO4S. The predicted octanol–water partition coefficient (Wildman–Crippen LogP) is 0.291. The second kappa shape index (κ2) is 5.20. The molecule has 0 aromatic heterocycles. The number of aliphatic hydroxyl groups is 2. The van der Waals surface area contributed by atoms with Crippen LogP contribution in [0, 0.1) is 0 Å². The first-order valence-corrected chi connectivity index (χ1v) is 5.20. The van der Waals surface area contributed by atoms with E-state index in [2.05, 4.69) is 12.6 Å². The van der Waals surface area contributed by atoms with E-state index in [1.807, 2.05) is 0 Å². The van der Waals surface area contributed by atoms with Crippen LogP contribution in [0.4, 0.5) is 5.69 Å². The molecule has 5 nitrogen and oxygen atoms in total. The summed E-state index contributed by atoms with van der Waals surface area (Å²) < 4.78 is 0. The third kappa shape index (κ3) is 2.66. The number of hydrogen-bond acceptors (Lipinski definition) is 5. The van der Waals surface area contributed by atoms with Crippen molar-refractivity contribution in [3.63, 3.8) is 0 Å². The van der Waals surface area contributed by atoms with Crippen LogP contribution in [0.15, 0.2) is 18.2 Å². The van der Waals surface area contributed by atoms with Gasteiger partial charge in [-0.15, -0.1) is 0 Å². The number of thiol groups is 1. The number of carboxylic acids is 1. The minimum Gasteiger partial charge on any atom is -0.478 e. The Morgan fingerprint density at radius 1 is 1.44 bits per heavy atom. The number of aliphatic hydroxyl groups excluding tert-OH is 2. The summed E-state index contributed by atoms with van der Waals surface area (Å²) in [7, 11) is 0. The topological polar surface area (TPSA) is 104 Å². The summed E-state index contributed by atoms with van der Waals surface area (Å²) in [5.41, 5.74) is 6.03. The SMILES string of the molecule is Nc1ccc(C(=O)O)cc1C(O)C(O)CS. The Morgan fingerprint density at radius 3 is 2.56 bits per heavy atom. The molecule has 0 heterocycles. The lowest BCUT2D eigenvalue weighted by atomic mass is 10.0. The van der Waals surface area contributed by atoms with E-state index in [-0.39, 0.29) is 22.6 Å². The lowest BCUT2D eigenvalue weighted by molar-refractivity contribution is 0.0341. The van der Waals surface area contributed by atoms with Gasteiger partial charge in [0.05, 0.1) is 11.7 Å². The van der Waals surface area contributed by atoms with Gasteiger partial charge in [-0.05, 0) is 18.2 Å². The van der Waals surface area contributed by atoms with Gasteiger partial charge in [0.15, 0.2) is 0 Å². The van der Waals surface area contributed by atoms with E-state index in [9.17, 15) is 15.0 Å².